The van der Waals surface area contributed by atoms with Crippen LogP contribution >= 0.6 is 18.9 Å². The molecule has 1 rings (SSSR count). The van der Waals surface area contributed by atoms with E-state index in [0.29, 0.717) is 23.1 Å². The molecule has 0 bridgehead atoms. The number of hydrogen-bond acceptors (Lipinski definition) is 4. The third-order valence-electron chi connectivity index (χ3n) is 5.47. The van der Waals surface area contributed by atoms with Crippen LogP contribution in [0.15, 0.2) is 29.8 Å². The molecule has 0 atom stereocenters. The minimum Gasteiger partial charge on any atom is -0.449 e. The molecule has 0 aliphatic rings. The van der Waals surface area contributed by atoms with E-state index in [9.17, 15) is 9.59 Å². The maximum atomic E-state index is 13.5. The zero-order valence-electron chi connectivity index (χ0n) is 18.5. The van der Waals surface area contributed by atoms with Crippen LogP contribution < -0.4 is 4.90 Å². The lowest BCUT2D eigenvalue weighted by molar-refractivity contribution is -0.114. The molecule has 1 aromatic carbocycles. The van der Waals surface area contributed by atoms with E-state index in [0.717, 1.165) is 4.90 Å². The first-order valence-corrected chi connectivity index (χ1v) is 12.5. The highest BCUT2D eigenvalue weighted by molar-refractivity contribution is 7.78. The van der Waals surface area contributed by atoms with Gasteiger partial charge in [-0.05, 0) is 66.5 Å². The number of ether oxygens (including phenoxy) is 1. The summed E-state index contributed by atoms with van der Waals surface area (Å²) in [6.45, 7) is 14.9. The minimum atomic E-state index is -1.68. The van der Waals surface area contributed by atoms with Gasteiger partial charge in [0.1, 0.15) is 5.57 Å². The lowest BCUT2D eigenvalue weighted by Crippen LogP contribution is -2.40. The molecule has 0 saturated carbocycles. The number of imide groups is 1. The summed E-state index contributed by atoms with van der Waals surface area (Å²) < 4.78 is 5.12. The van der Waals surface area contributed by atoms with Crippen molar-refractivity contribution in [2.24, 2.45) is 0 Å². The fraction of sp³-hybridized carbons (Fsp3) is 0.545. The lowest BCUT2D eigenvalue weighted by atomic mass is 10.2. The summed E-state index contributed by atoms with van der Waals surface area (Å²) in [6, 6.07) is 6.62. The molecule has 0 aliphatic heterocycles. The van der Waals surface area contributed by atoms with Crippen LogP contribution in [0.1, 0.15) is 48.5 Å². The van der Waals surface area contributed by atoms with Crippen LogP contribution in [-0.4, -0.2) is 47.6 Å². The molecule has 0 aliphatic carbocycles. The van der Waals surface area contributed by atoms with Crippen molar-refractivity contribution in [3.63, 3.8) is 0 Å². The molecule has 0 spiro atoms. The van der Waals surface area contributed by atoms with Crippen molar-refractivity contribution in [2.75, 3.05) is 17.7 Å². The summed E-state index contributed by atoms with van der Waals surface area (Å²) in [6.07, 6.45) is -0.358. The van der Waals surface area contributed by atoms with E-state index < -0.39 is 19.3 Å². The molecule has 0 fully saturated rings. The Bertz CT molecular complexity index is 764. The molecule has 1 N–H and O–H groups in total. The lowest BCUT2D eigenvalue weighted by Gasteiger charge is -2.38. The van der Waals surface area contributed by atoms with Gasteiger partial charge in [0.15, 0.2) is 0 Å². The first kappa shape index (κ1) is 25.4. The minimum absolute atomic E-state index is 0.123. The maximum absolute atomic E-state index is 13.5. The Hall–Kier alpha value is -1.67. The number of amides is 2. The van der Waals surface area contributed by atoms with E-state index >= 15 is 0 Å². The van der Waals surface area contributed by atoms with Gasteiger partial charge in [-0.15, -0.1) is 0 Å². The Labute approximate surface area is 180 Å². The molecule has 0 unspecified atom stereocenters. The molecule has 5 nitrogen and oxygen atoms in total. The molecule has 0 saturated heterocycles. The quantitative estimate of drug-likeness (QED) is 0.295. The molecule has 2 amide bonds. The number of rotatable bonds is 8. The van der Waals surface area contributed by atoms with Gasteiger partial charge >= 0.3 is 6.09 Å². The molecule has 7 heteroatoms. The standard InChI is InChI=1S/C22H33ClN2O3P/c1-8-28-22(27)25(20-12-10-9-11-19(20)23)21(26)18(13-24)14-29(15(2)3,16(4)5)17(6)7/h9-12,15-17,24H,8,14H2,1-7H3/q+1. The first-order chi connectivity index (χ1) is 13.5. The van der Waals surface area contributed by atoms with Crippen molar-refractivity contribution in [1.82, 2.24) is 0 Å². The SMILES string of the molecule is CCOC(=O)N(C(=O)C(=C=N)C[P+](C(C)C)(C(C)C)C(C)C)c1ccccc1Cl. The van der Waals surface area contributed by atoms with Crippen molar-refractivity contribution in [1.29, 1.82) is 5.41 Å². The summed E-state index contributed by atoms with van der Waals surface area (Å²) in [5.41, 5.74) is 1.54. The topological polar surface area (TPSA) is 70.5 Å². The second-order valence-electron chi connectivity index (χ2n) is 7.83. The van der Waals surface area contributed by atoms with E-state index in [-0.39, 0.29) is 22.9 Å². The van der Waals surface area contributed by atoms with Gasteiger partial charge in [0, 0.05) is 7.26 Å². The second-order valence-corrected chi connectivity index (χ2v) is 13.6. The van der Waals surface area contributed by atoms with E-state index in [1.165, 1.54) is 0 Å². The Kier molecular flexibility index (Phi) is 9.55. The third-order valence-corrected chi connectivity index (χ3v) is 12.4. The molecular formula is C22H33ClN2O3P+. The Morgan fingerprint density at radius 2 is 1.62 bits per heavy atom. The molecule has 0 radical (unpaired) electrons. The third kappa shape index (κ3) is 5.48. The zero-order valence-corrected chi connectivity index (χ0v) is 20.1. The average molecular weight is 440 g/mol. The number of carbonyl (C=O) groups is 2. The Morgan fingerprint density at radius 3 is 2.03 bits per heavy atom. The second kappa shape index (κ2) is 10.9. The highest BCUT2D eigenvalue weighted by atomic mass is 35.5. The summed E-state index contributed by atoms with van der Waals surface area (Å²) in [4.78, 5) is 27.0. The van der Waals surface area contributed by atoms with E-state index in [2.05, 4.69) is 47.4 Å². The molecular weight excluding hydrogens is 407 g/mol. The van der Waals surface area contributed by atoms with Crippen molar-refractivity contribution in [3.8, 4) is 0 Å². The maximum Gasteiger partial charge on any atom is 0.421 e. The summed E-state index contributed by atoms with van der Waals surface area (Å²) in [5.74, 6) is 1.74. The summed E-state index contributed by atoms with van der Waals surface area (Å²) in [5, 5.41) is 8.10. The number of anilines is 1. The summed E-state index contributed by atoms with van der Waals surface area (Å²) >= 11 is 6.27. The molecule has 160 valence electrons. The van der Waals surface area contributed by atoms with Gasteiger partial charge in [-0.3, -0.25) is 10.2 Å². The average Bonchev–Trinajstić information content (AvgIpc) is 2.63. The number of nitrogens with zero attached hydrogens (tertiary/aromatic N) is 1. The number of benzene rings is 1. The van der Waals surface area contributed by atoms with Gasteiger partial charge < -0.3 is 4.74 Å². The van der Waals surface area contributed by atoms with Crippen LogP contribution in [0.2, 0.25) is 5.02 Å². The van der Waals surface area contributed by atoms with Gasteiger partial charge in [-0.1, -0.05) is 23.7 Å². The van der Waals surface area contributed by atoms with E-state index in [1.54, 1.807) is 31.2 Å². The fourth-order valence-corrected chi connectivity index (χ4v) is 9.67. The van der Waals surface area contributed by atoms with Crippen molar-refractivity contribution in [2.45, 2.75) is 65.4 Å². The van der Waals surface area contributed by atoms with Gasteiger partial charge in [0.05, 0.1) is 40.5 Å². The predicted molar refractivity (Wildman–Crippen MR) is 124 cm³/mol. The van der Waals surface area contributed by atoms with Gasteiger partial charge in [0.25, 0.3) is 5.91 Å². The highest BCUT2D eigenvalue weighted by Gasteiger charge is 2.49. The molecule has 0 aromatic heterocycles. The van der Waals surface area contributed by atoms with Crippen LogP contribution in [-0.2, 0) is 9.53 Å². The normalized spacial score (nSPS) is 11.6. The van der Waals surface area contributed by atoms with Crippen molar-refractivity contribution < 1.29 is 14.3 Å². The molecule has 29 heavy (non-hydrogen) atoms. The Balaban J connectivity index is 3.48. The first-order valence-electron chi connectivity index (χ1n) is 9.95. The number of halogens is 1. The van der Waals surface area contributed by atoms with E-state index in [1.807, 2.05) is 0 Å². The van der Waals surface area contributed by atoms with Crippen LogP contribution in [0.25, 0.3) is 0 Å². The van der Waals surface area contributed by atoms with Crippen LogP contribution in [0.3, 0.4) is 0 Å². The monoisotopic (exact) mass is 439 g/mol. The van der Waals surface area contributed by atoms with Gasteiger partial charge in [0.2, 0.25) is 0 Å². The molecule has 1 aromatic rings. The van der Waals surface area contributed by atoms with Gasteiger partial charge in [-0.25, -0.2) is 9.69 Å². The molecule has 0 heterocycles. The van der Waals surface area contributed by atoms with Gasteiger partial charge in [-0.2, -0.15) is 0 Å². The fourth-order valence-electron chi connectivity index (χ4n) is 4.02. The number of para-hydroxylation sites is 1. The predicted octanol–water partition coefficient (Wildman–Crippen LogP) is 6.25. The number of nitrogens with one attached hydrogen (secondary N) is 1. The smallest absolute Gasteiger partial charge is 0.421 e. The van der Waals surface area contributed by atoms with Crippen LogP contribution in [0.5, 0.6) is 0 Å². The van der Waals surface area contributed by atoms with Crippen molar-refractivity contribution in [3.05, 3.63) is 34.9 Å². The van der Waals surface area contributed by atoms with E-state index in [4.69, 9.17) is 21.7 Å². The number of carbonyl (C=O) groups excluding carboxylic acids is 2. The number of hydrogen-bond donors (Lipinski definition) is 1. The zero-order chi connectivity index (χ0) is 22.4. The van der Waals surface area contributed by atoms with Crippen molar-refractivity contribution >= 4 is 42.4 Å². The van der Waals surface area contributed by atoms with Crippen LogP contribution in [0.4, 0.5) is 10.5 Å². The Morgan fingerprint density at radius 1 is 1.10 bits per heavy atom. The van der Waals surface area contributed by atoms with Crippen LogP contribution in [0, 0.1) is 5.41 Å². The highest BCUT2D eigenvalue weighted by Crippen LogP contribution is 2.70. The summed E-state index contributed by atoms with van der Waals surface area (Å²) in [7, 11) is -1.68. The largest absolute Gasteiger partial charge is 0.449 e.